The predicted octanol–water partition coefficient (Wildman–Crippen LogP) is 0.434. The lowest BCUT2D eigenvalue weighted by atomic mass is 10.3. The molecule has 0 aliphatic carbocycles. The highest BCUT2D eigenvalue weighted by Crippen LogP contribution is 2.03. The van der Waals surface area contributed by atoms with Gasteiger partial charge in [-0.2, -0.15) is 0 Å². The molecule has 1 saturated heterocycles. The van der Waals surface area contributed by atoms with Gasteiger partial charge >= 0.3 is 0 Å². The second-order valence-electron chi connectivity index (χ2n) is 2.18. The molecule has 1 fully saturated rings. The van der Waals surface area contributed by atoms with Crippen molar-refractivity contribution < 1.29 is 0 Å². The van der Waals surface area contributed by atoms with Gasteiger partial charge in [-0.3, -0.25) is 0 Å². The molecule has 1 aliphatic heterocycles. The maximum Gasteiger partial charge on any atom is 0.0348 e. The third-order valence-electron chi connectivity index (χ3n) is 1.42. The lowest BCUT2D eigenvalue weighted by molar-refractivity contribution is 0.298. The minimum Gasteiger partial charge on any atom is -0.314 e. The molecule has 0 aromatic heterocycles. The Morgan fingerprint density at radius 2 is 2.50 bits per heavy atom. The Hall–Kier alpha value is 0.210. The molecule has 3 heteroatoms. The van der Waals surface area contributed by atoms with Crippen molar-refractivity contribution in [3.63, 3.8) is 0 Å². The van der Waals surface area contributed by atoms with Crippen LogP contribution in [0.25, 0.3) is 0 Å². The van der Waals surface area contributed by atoms with Crippen molar-refractivity contribution in [1.29, 1.82) is 0 Å². The van der Waals surface area contributed by atoms with E-state index in [9.17, 15) is 0 Å². The molecular formula is C5H11ClN2. The zero-order chi connectivity index (χ0) is 5.98. The van der Waals surface area contributed by atoms with Gasteiger partial charge in [0, 0.05) is 25.7 Å². The predicted molar refractivity (Wildman–Crippen MR) is 34.9 cm³/mol. The normalized spacial score (nSPS) is 33.0. The molecule has 48 valence electrons. The summed E-state index contributed by atoms with van der Waals surface area (Å²) in [5.74, 6) is 0. The Morgan fingerprint density at radius 3 is 2.88 bits per heavy atom. The topological polar surface area (TPSA) is 15.3 Å². The Balaban J connectivity index is 2.28. The molecule has 2 nitrogen and oxygen atoms in total. The van der Waals surface area contributed by atoms with Gasteiger partial charge in [-0.15, -0.1) is 0 Å². The fourth-order valence-corrected chi connectivity index (χ4v) is 0.970. The molecular weight excluding hydrogens is 124 g/mol. The summed E-state index contributed by atoms with van der Waals surface area (Å²) in [6, 6.07) is 0.491. The molecule has 0 radical (unpaired) electrons. The largest absolute Gasteiger partial charge is 0.314 e. The van der Waals surface area contributed by atoms with Crippen molar-refractivity contribution in [2.45, 2.75) is 13.0 Å². The summed E-state index contributed by atoms with van der Waals surface area (Å²) in [6.45, 7) is 5.11. The average molecular weight is 135 g/mol. The number of hydrogen-bond donors (Lipinski definition) is 1. The maximum atomic E-state index is 5.76. The van der Waals surface area contributed by atoms with Crippen molar-refractivity contribution in [1.82, 2.24) is 9.74 Å². The molecule has 0 spiro atoms. The molecule has 0 aromatic carbocycles. The van der Waals surface area contributed by atoms with Crippen LogP contribution in [-0.2, 0) is 0 Å². The van der Waals surface area contributed by atoms with Crippen LogP contribution in [0.4, 0.5) is 0 Å². The monoisotopic (exact) mass is 134 g/mol. The van der Waals surface area contributed by atoms with Crippen molar-refractivity contribution in [2.24, 2.45) is 0 Å². The molecule has 0 amide bonds. The zero-order valence-electron chi connectivity index (χ0n) is 5.02. The lowest BCUT2D eigenvalue weighted by Crippen LogP contribution is -2.44. The quantitative estimate of drug-likeness (QED) is 0.484. The Labute approximate surface area is 54.9 Å². The summed E-state index contributed by atoms with van der Waals surface area (Å²) < 4.78 is 1.84. The third-order valence-corrected chi connectivity index (χ3v) is 1.92. The second kappa shape index (κ2) is 2.67. The lowest BCUT2D eigenvalue weighted by Gasteiger charge is -2.27. The van der Waals surface area contributed by atoms with E-state index in [1.165, 1.54) is 0 Å². The van der Waals surface area contributed by atoms with Gasteiger partial charge in [-0.1, -0.05) is 0 Å². The minimum absolute atomic E-state index is 0.491. The smallest absolute Gasteiger partial charge is 0.0348 e. The first kappa shape index (κ1) is 6.33. The summed E-state index contributed by atoms with van der Waals surface area (Å²) >= 11 is 5.76. The first-order valence-electron chi connectivity index (χ1n) is 2.94. The van der Waals surface area contributed by atoms with Crippen molar-refractivity contribution in [3.05, 3.63) is 0 Å². The zero-order valence-corrected chi connectivity index (χ0v) is 5.78. The van der Waals surface area contributed by atoms with Crippen LogP contribution in [-0.4, -0.2) is 30.1 Å². The van der Waals surface area contributed by atoms with Crippen molar-refractivity contribution >= 4 is 11.8 Å². The van der Waals surface area contributed by atoms with Crippen LogP contribution < -0.4 is 5.32 Å². The van der Waals surface area contributed by atoms with E-state index in [0.29, 0.717) is 6.04 Å². The van der Waals surface area contributed by atoms with Crippen LogP contribution >= 0.6 is 11.8 Å². The molecule has 1 heterocycles. The highest BCUT2D eigenvalue weighted by atomic mass is 35.5. The second-order valence-corrected chi connectivity index (χ2v) is 2.61. The molecule has 1 N–H and O–H groups in total. The molecule has 0 bridgehead atoms. The molecule has 1 aliphatic rings. The van der Waals surface area contributed by atoms with Gasteiger partial charge in [0.25, 0.3) is 0 Å². The van der Waals surface area contributed by atoms with Crippen LogP contribution in [0.2, 0.25) is 0 Å². The number of hydrogen-bond acceptors (Lipinski definition) is 2. The summed E-state index contributed by atoms with van der Waals surface area (Å²) in [7, 11) is 0. The van der Waals surface area contributed by atoms with Crippen LogP contribution in [0.15, 0.2) is 0 Å². The summed E-state index contributed by atoms with van der Waals surface area (Å²) in [4.78, 5) is 0. The first-order chi connectivity index (χ1) is 3.80. The fraction of sp³-hybridized carbons (Fsp3) is 1.00. The van der Waals surface area contributed by atoms with Crippen molar-refractivity contribution in [2.75, 3.05) is 19.6 Å². The molecule has 0 saturated carbocycles. The van der Waals surface area contributed by atoms with E-state index in [1.54, 1.807) is 0 Å². The minimum atomic E-state index is 0.491. The van der Waals surface area contributed by atoms with Gasteiger partial charge in [-0.05, 0) is 18.7 Å². The highest BCUT2D eigenvalue weighted by Gasteiger charge is 2.13. The Bertz CT molecular complexity index is 66.8. The SMILES string of the molecule is C[C@@H]1CNCCN1Cl. The summed E-state index contributed by atoms with van der Waals surface area (Å²) in [6.07, 6.45) is 0. The van der Waals surface area contributed by atoms with E-state index in [0.717, 1.165) is 19.6 Å². The van der Waals surface area contributed by atoms with Crippen LogP contribution in [0.3, 0.4) is 0 Å². The van der Waals surface area contributed by atoms with Crippen LogP contribution in [0, 0.1) is 0 Å². The number of piperazine rings is 1. The molecule has 0 unspecified atom stereocenters. The number of nitrogens with one attached hydrogen (secondary N) is 1. The number of rotatable bonds is 0. The molecule has 1 rings (SSSR count). The van der Waals surface area contributed by atoms with E-state index in [4.69, 9.17) is 11.8 Å². The van der Waals surface area contributed by atoms with Gasteiger partial charge < -0.3 is 5.32 Å². The van der Waals surface area contributed by atoms with E-state index in [2.05, 4.69) is 12.2 Å². The standard InChI is InChI=1S/C5H11ClN2/c1-5-4-7-2-3-8(5)6/h5,7H,2-4H2,1H3/t5-/m1/s1. The molecule has 1 atom stereocenters. The highest BCUT2D eigenvalue weighted by molar-refractivity contribution is 6.13. The van der Waals surface area contributed by atoms with Crippen LogP contribution in [0.1, 0.15) is 6.92 Å². The van der Waals surface area contributed by atoms with E-state index >= 15 is 0 Å². The average Bonchev–Trinajstić information content (AvgIpc) is 1.77. The fourth-order valence-electron chi connectivity index (χ4n) is 0.816. The van der Waals surface area contributed by atoms with Crippen LogP contribution in [0.5, 0.6) is 0 Å². The van der Waals surface area contributed by atoms with E-state index < -0.39 is 0 Å². The summed E-state index contributed by atoms with van der Waals surface area (Å²) in [5, 5.41) is 3.24. The van der Waals surface area contributed by atoms with E-state index in [-0.39, 0.29) is 0 Å². The molecule has 0 aromatic rings. The van der Waals surface area contributed by atoms with Gasteiger partial charge in [-0.25, -0.2) is 4.42 Å². The van der Waals surface area contributed by atoms with Gasteiger partial charge in [0.05, 0.1) is 0 Å². The Morgan fingerprint density at radius 1 is 1.75 bits per heavy atom. The van der Waals surface area contributed by atoms with Gasteiger partial charge in [0.1, 0.15) is 0 Å². The van der Waals surface area contributed by atoms with Gasteiger partial charge in [0.2, 0.25) is 0 Å². The third kappa shape index (κ3) is 1.34. The van der Waals surface area contributed by atoms with Gasteiger partial charge in [0.15, 0.2) is 0 Å². The van der Waals surface area contributed by atoms with Crippen molar-refractivity contribution in [3.8, 4) is 0 Å². The first-order valence-corrected chi connectivity index (χ1v) is 3.27. The van der Waals surface area contributed by atoms with E-state index in [1.807, 2.05) is 4.42 Å². The summed E-state index contributed by atoms with van der Waals surface area (Å²) in [5.41, 5.74) is 0. The molecule has 8 heavy (non-hydrogen) atoms. The maximum absolute atomic E-state index is 5.76. The number of nitrogens with zero attached hydrogens (tertiary/aromatic N) is 1. The number of halogens is 1. The Kier molecular flexibility index (Phi) is 2.11.